The van der Waals surface area contributed by atoms with Gasteiger partial charge in [-0.3, -0.25) is 0 Å². The van der Waals surface area contributed by atoms with E-state index in [0.29, 0.717) is 5.92 Å². The molecule has 0 aliphatic rings. The van der Waals surface area contributed by atoms with Gasteiger partial charge >= 0.3 is 0 Å². The van der Waals surface area contributed by atoms with E-state index in [1.807, 2.05) is 0 Å². The smallest absolute Gasteiger partial charge is 0.0222 e. The molecular weight excluding hydrogens is 168 g/mol. The molecule has 1 atom stereocenters. The molecule has 0 nitrogen and oxygen atoms in total. The average molecular weight is 194 g/mol. The molecule has 0 saturated heterocycles. The minimum atomic E-state index is 0.570. The predicted molar refractivity (Wildman–Crippen MR) is 66.4 cm³/mol. The van der Waals surface area contributed by atoms with Crippen LogP contribution in [0.1, 0.15) is 48.0 Å². The third-order valence-electron chi connectivity index (χ3n) is 3.14. The lowest BCUT2D eigenvalue weighted by Gasteiger charge is -2.15. The maximum atomic E-state index is 4.11. The van der Waals surface area contributed by atoms with E-state index in [1.54, 1.807) is 0 Å². The van der Waals surface area contributed by atoms with E-state index in [9.17, 15) is 0 Å². The third kappa shape index (κ3) is 4.64. The highest BCUT2D eigenvalue weighted by atomic mass is 14.1. The molecule has 82 valence electrons. The van der Waals surface area contributed by atoms with Gasteiger partial charge < -0.3 is 0 Å². The second-order valence-electron chi connectivity index (χ2n) is 5.02. The summed E-state index contributed by atoms with van der Waals surface area (Å²) in [5.41, 5.74) is 2.65. The van der Waals surface area contributed by atoms with Crippen molar-refractivity contribution in [1.29, 1.82) is 0 Å². The molecule has 0 aromatic rings. The molecule has 0 aliphatic carbocycles. The van der Waals surface area contributed by atoms with Gasteiger partial charge in [-0.05, 0) is 31.1 Å². The highest BCUT2D eigenvalue weighted by Crippen LogP contribution is 2.20. The lowest BCUT2D eigenvalue weighted by molar-refractivity contribution is 0.423. The Hall–Kier alpha value is -0.520. The molecule has 0 fully saturated rings. The van der Waals surface area contributed by atoms with Gasteiger partial charge in [0.15, 0.2) is 0 Å². The minimum Gasteiger partial charge on any atom is -0.0953 e. The summed E-state index contributed by atoms with van der Waals surface area (Å²) in [6.45, 7) is 17.6. The van der Waals surface area contributed by atoms with Crippen LogP contribution in [-0.2, 0) is 0 Å². The lowest BCUT2D eigenvalue weighted by atomic mass is 9.91. The van der Waals surface area contributed by atoms with E-state index < -0.39 is 0 Å². The Kier molecular flexibility index (Phi) is 5.83. The van der Waals surface area contributed by atoms with Gasteiger partial charge in [0.05, 0.1) is 0 Å². The van der Waals surface area contributed by atoms with Gasteiger partial charge in [0.25, 0.3) is 0 Å². The van der Waals surface area contributed by atoms with Crippen molar-refractivity contribution in [2.75, 3.05) is 0 Å². The number of hydrogen-bond donors (Lipinski definition) is 0. The van der Waals surface area contributed by atoms with Crippen molar-refractivity contribution in [3.63, 3.8) is 0 Å². The summed E-state index contributed by atoms with van der Waals surface area (Å²) in [4.78, 5) is 0. The first-order chi connectivity index (χ1) is 6.36. The van der Waals surface area contributed by atoms with E-state index in [4.69, 9.17) is 0 Å². The maximum absolute atomic E-state index is 4.11. The predicted octanol–water partition coefficient (Wildman–Crippen LogP) is 4.83. The molecule has 0 rings (SSSR count). The average Bonchev–Trinajstić information content (AvgIpc) is 2.11. The fourth-order valence-corrected chi connectivity index (χ4v) is 1.22. The zero-order valence-electron chi connectivity index (χ0n) is 10.7. The van der Waals surface area contributed by atoms with Crippen LogP contribution in [0.5, 0.6) is 0 Å². The van der Waals surface area contributed by atoms with E-state index in [-0.39, 0.29) is 0 Å². The zero-order valence-corrected chi connectivity index (χ0v) is 10.7. The van der Waals surface area contributed by atoms with Crippen LogP contribution in [0.3, 0.4) is 0 Å². The highest BCUT2D eigenvalue weighted by molar-refractivity contribution is 5.27. The molecule has 0 amide bonds. The first-order valence-electron chi connectivity index (χ1n) is 5.72. The summed E-state index contributed by atoms with van der Waals surface area (Å²) in [6.07, 6.45) is 3.52. The third-order valence-corrected chi connectivity index (χ3v) is 3.14. The SMILES string of the molecule is C=C(C(C)=CCC(C)C(C)C)C(C)C. The van der Waals surface area contributed by atoms with Crippen LogP contribution in [0.15, 0.2) is 23.8 Å². The maximum Gasteiger partial charge on any atom is -0.0222 e. The summed E-state index contributed by atoms with van der Waals surface area (Å²) >= 11 is 0. The molecule has 1 unspecified atom stereocenters. The second kappa shape index (κ2) is 6.06. The molecule has 0 spiro atoms. The van der Waals surface area contributed by atoms with Crippen molar-refractivity contribution in [2.45, 2.75) is 48.0 Å². The number of hydrogen-bond acceptors (Lipinski definition) is 0. The van der Waals surface area contributed by atoms with Gasteiger partial charge in [0, 0.05) is 0 Å². The Morgan fingerprint density at radius 1 is 1.14 bits per heavy atom. The topological polar surface area (TPSA) is 0 Å². The van der Waals surface area contributed by atoms with Crippen molar-refractivity contribution >= 4 is 0 Å². The van der Waals surface area contributed by atoms with Crippen LogP contribution in [0.2, 0.25) is 0 Å². The molecule has 0 saturated carbocycles. The minimum absolute atomic E-state index is 0.570. The van der Waals surface area contributed by atoms with Crippen molar-refractivity contribution in [3.8, 4) is 0 Å². The zero-order chi connectivity index (χ0) is 11.3. The summed E-state index contributed by atoms with van der Waals surface area (Å²) in [7, 11) is 0. The van der Waals surface area contributed by atoms with Gasteiger partial charge in [0.2, 0.25) is 0 Å². The molecule has 0 heterocycles. The Balaban J connectivity index is 4.19. The molecule has 0 aromatic heterocycles. The van der Waals surface area contributed by atoms with Crippen LogP contribution in [0.4, 0.5) is 0 Å². The normalized spacial score (nSPS) is 15.0. The van der Waals surface area contributed by atoms with Crippen LogP contribution in [0, 0.1) is 17.8 Å². The Morgan fingerprint density at radius 3 is 2.00 bits per heavy atom. The molecule has 0 aliphatic heterocycles. The van der Waals surface area contributed by atoms with Crippen LogP contribution >= 0.6 is 0 Å². The summed E-state index contributed by atoms with van der Waals surface area (Å²) in [5, 5.41) is 0. The molecule has 0 radical (unpaired) electrons. The molecule has 0 aromatic carbocycles. The highest BCUT2D eigenvalue weighted by Gasteiger charge is 2.06. The molecule has 0 bridgehead atoms. The first-order valence-corrected chi connectivity index (χ1v) is 5.72. The fraction of sp³-hybridized carbons (Fsp3) is 0.714. The first kappa shape index (κ1) is 13.5. The van der Waals surface area contributed by atoms with Crippen LogP contribution in [-0.4, -0.2) is 0 Å². The van der Waals surface area contributed by atoms with Crippen molar-refractivity contribution in [3.05, 3.63) is 23.8 Å². The van der Waals surface area contributed by atoms with E-state index >= 15 is 0 Å². The number of allylic oxidation sites excluding steroid dienone is 3. The van der Waals surface area contributed by atoms with Gasteiger partial charge in [0.1, 0.15) is 0 Å². The molecule has 14 heavy (non-hydrogen) atoms. The monoisotopic (exact) mass is 194 g/mol. The van der Waals surface area contributed by atoms with Gasteiger partial charge in [-0.2, -0.15) is 0 Å². The molecule has 0 heteroatoms. The van der Waals surface area contributed by atoms with Crippen molar-refractivity contribution < 1.29 is 0 Å². The summed E-state index contributed by atoms with van der Waals surface area (Å²) in [6, 6.07) is 0. The van der Waals surface area contributed by atoms with Crippen LogP contribution < -0.4 is 0 Å². The van der Waals surface area contributed by atoms with Gasteiger partial charge in [-0.1, -0.05) is 58.4 Å². The Bertz CT molecular complexity index is 206. The lowest BCUT2D eigenvalue weighted by Crippen LogP contribution is -2.02. The van der Waals surface area contributed by atoms with Crippen molar-refractivity contribution in [1.82, 2.24) is 0 Å². The Labute approximate surface area is 90.1 Å². The molecule has 0 N–H and O–H groups in total. The number of rotatable bonds is 5. The molecular formula is C14H26. The summed E-state index contributed by atoms with van der Waals surface area (Å²) in [5.74, 6) is 2.11. The summed E-state index contributed by atoms with van der Waals surface area (Å²) < 4.78 is 0. The quantitative estimate of drug-likeness (QED) is 0.550. The largest absolute Gasteiger partial charge is 0.0953 e. The van der Waals surface area contributed by atoms with Crippen LogP contribution in [0.25, 0.3) is 0 Å². The Morgan fingerprint density at radius 2 is 1.64 bits per heavy atom. The van der Waals surface area contributed by atoms with E-state index in [2.05, 4.69) is 54.2 Å². The van der Waals surface area contributed by atoms with E-state index in [1.165, 1.54) is 17.6 Å². The van der Waals surface area contributed by atoms with E-state index in [0.717, 1.165) is 11.8 Å². The standard InChI is InChI=1S/C14H26/c1-10(2)12(5)8-9-13(6)14(7)11(3)4/h9-12H,7-8H2,1-6H3. The van der Waals surface area contributed by atoms with Gasteiger partial charge in [-0.25, -0.2) is 0 Å². The second-order valence-corrected chi connectivity index (χ2v) is 5.02. The van der Waals surface area contributed by atoms with Crippen molar-refractivity contribution in [2.24, 2.45) is 17.8 Å². The van der Waals surface area contributed by atoms with Gasteiger partial charge in [-0.15, -0.1) is 0 Å². The fourth-order valence-electron chi connectivity index (χ4n) is 1.22.